The average Bonchev–Trinajstić information content (AvgIpc) is 3.43. The number of aromatic nitrogens is 2. The molecule has 0 radical (unpaired) electrons. The van der Waals surface area contributed by atoms with Gasteiger partial charge in [-0.15, -0.1) is 22.7 Å². The molecule has 136 valence electrons. The molecule has 27 heavy (non-hydrogen) atoms. The van der Waals surface area contributed by atoms with Crippen molar-refractivity contribution in [3.05, 3.63) is 59.1 Å². The number of furan rings is 1. The summed E-state index contributed by atoms with van der Waals surface area (Å²) in [5.41, 5.74) is 2.10. The Balaban J connectivity index is 1.45. The van der Waals surface area contributed by atoms with Gasteiger partial charge in [0, 0.05) is 16.3 Å². The first-order valence-electron chi connectivity index (χ1n) is 8.22. The SMILES string of the molecule is CCOc1ccc(-c2csc(NC(=O)c3csc(-c4ccco4)n3)n2)cc1. The van der Waals surface area contributed by atoms with Crippen LogP contribution < -0.4 is 10.1 Å². The molecular weight excluding hydrogens is 382 g/mol. The monoisotopic (exact) mass is 397 g/mol. The summed E-state index contributed by atoms with van der Waals surface area (Å²) < 4.78 is 10.7. The number of hydrogen-bond donors (Lipinski definition) is 1. The molecule has 4 aromatic rings. The minimum atomic E-state index is -0.295. The van der Waals surface area contributed by atoms with Gasteiger partial charge in [-0.1, -0.05) is 0 Å². The van der Waals surface area contributed by atoms with Gasteiger partial charge in [-0.2, -0.15) is 0 Å². The lowest BCUT2D eigenvalue weighted by molar-refractivity contribution is 0.102. The van der Waals surface area contributed by atoms with Gasteiger partial charge >= 0.3 is 0 Å². The molecule has 3 heterocycles. The van der Waals surface area contributed by atoms with Crippen LogP contribution in [-0.4, -0.2) is 22.5 Å². The molecule has 0 aliphatic carbocycles. The van der Waals surface area contributed by atoms with Crippen molar-refractivity contribution in [1.29, 1.82) is 0 Å². The number of benzene rings is 1. The number of nitrogens with one attached hydrogen (secondary N) is 1. The zero-order valence-electron chi connectivity index (χ0n) is 14.3. The lowest BCUT2D eigenvalue weighted by Gasteiger charge is -2.03. The van der Waals surface area contributed by atoms with E-state index in [1.165, 1.54) is 22.7 Å². The highest BCUT2D eigenvalue weighted by Crippen LogP contribution is 2.28. The fourth-order valence-corrected chi connectivity index (χ4v) is 3.89. The van der Waals surface area contributed by atoms with E-state index < -0.39 is 0 Å². The van der Waals surface area contributed by atoms with Crippen LogP contribution in [0.3, 0.4) is 0 Å². The standard InChI is InChI=1S/C19H15N3O3S2/c1-2-24-13-7-5-12(6-8-13)14-10-27-19(21-14)22-17(23)15-11-26-18(20-15)16-4-3-9-25-16/h3-11H,2H2,1H3,(H,21,22,23). The minimum absolute atomic E-state index is 0.295. The van der Waals surface area contributed by atoms with E-state index in [9.17, 15) is 4.79 Å². The van der Waals surface area contributed by atoms with Gasteiger partial charge in [0.1, 0.15) is 11.4 Å². The maximum atomic E-state index is 12.4. The van der Waals surface area contributed by atoms with Crippen molar-refractivity contribution < 1.29 is 13.9 Å². The van der Waals surface area contributed by atoms with Crippen molar-refractivity contribution in [2.45, 2.75) is 6.92 Å². The second-order valence-corrected chi connectivity index (χ2v) is 7.18. The number of anilines is 1. The van der Waals surface area contributed by atoms with Crippen LogP contribution in [0.1, 0.15) is 17.4 Å². The molecule has 0 saturated heterocycles. The smallest absolute Gasteiger partial charge is 0.276 e. The zero-order valence-corrected chi connectivity index (χ0v) is 16.0. The third-order valence-corrected chi connectivity index (χ3v) is 5.27. The van der Waals surface area contributed by atoms with E-state index in [4.69, 9.17) is 9.15 Å². The summed E-state index contributed by atoms with van der Waals surface area (Å²) in [7, 11) is 0. The molecule has 1 N–H and O–H groups in total. The third kappa shape index (κ3) is 3.91. The van der Waals surface area contributed by atoms with Crippen molar-refractivity contribution in [1.82, 2.24) is 9.97 Å². The summed E-state index contributed by atoms with van der Waals surface area (Å²) in [6.07, 6.45) is 1.58. The first-order chi connectivity index (χ1) is 13.2. The Bertz CT molecular complexity index is 1040. The van der Waals surface area contributed by atoms with Crippen LogP contribution in [0.5, 0.6) is 5.75 Å². The molecule has 0 aliphatic heterocycles. The summed E-state index contributed by atoms with van der Waals surface area (Å²) in [5.74, 6) is 1.17. The van der Waals surface area contributed by atoms with Gasteiger partial charge in [0.05, 0.1) is 18.6 Å². The van der Waals surface area contributed by atoms with E-state index in [0.717, 1.165) is 17.0 Å². The summed E-state index contributed by atoms with van der Waals surface area (Å²) in [5, 5.41) is 7.59. The molecule has 0 saturated carbocycles. The third-order valence-electron chi connectivity index (χ3n) is 3.65. The molecule has 0 aliphatic rings. The number of ether oxygens (including phenoxy) is 1. The maximum Gasteiger partial charge on any atom is 0.276 e. The number of rotatable bonds is 6. The first kappa shape index (κ1) is 17.4. The van der Waals surface area contributed by atoms with Crippen LogP contribution in [0.15, 0.2) is 57.8 Å². The molecular formula is C19H15N3O3S2. The molecule has 0 unspecified atom stereocenters. The van der Waals surface area contributed by atoms with Gasteiger partial charge in [0.25, 0.3) is 5.91 Å². The molecule has 1 amide bonds. The van der Waals surface area contributed by atoms with Gasteiger partial charge < -0.3 is 9.15 Å². The van der Waals surface area contributed by atoms with E-state index in [2.05, 4.69) is 15.3 Å². The molecule has 0 atom stereocenters. The molecule has 4 rings (SSSR count). The first-order valence-corrected chi connectivity index (χ1v) is 9.98. The summed E-state index contributed by atoms with van der Waals surface area (Å²) in [6, 6.07) is 11.3. The molecule has 0 fully saturated rings. The second kappa shape index (κ2) is 7.73. The number of thiazole rings is 2. The highest BCUT2D eigenvalue weighted by molar-refractivity contribution is 7.14. The predicted octanol–water partition coefficient (Wildman–Crippen LogP) is 5.18. The quantitative estimate of drug-likeness (QED) is 0.485. The second-order valence-electron chi connectivity index (χ2n) is 5.46. The van der Waals surface area contributed by atoms with Crippen molar-refractivity contribution in [2.75, 3.05) is 11.9 Å². The maximum absolute atomic E-state index is 12.4. The van der Waals surface area contributed by atoms with Crippen molar-refractivity contribution >= 4 is 33.7 Å². The van der Waals surface area contributed by atoms with Gasteiger partial charge in [-0.25, -0.2) is 9.97 Å². The zero-order chi connectivity index (χ0) is 18.6. The van der Waals surface area contributed by atoms with Gasteiger partial charge in [0.15, 0.2) is 15.9 Å². The average molecular weight is 397 g/mol. The Morgan fingerprint density at radius 2 is 2.00 bits per heavy atom. The molecule has 3 aromatic heterocycles. The Morgan fingerprint density at radius 1 is 1.15 bits per heavy atom. The number of amides is 1. The van der Waals surface area contributed by atoms with Crippen molar-refractivity contribution in [3.63, 3.8) is 0 Å². The van der Waals surface area contributed by atoms with E-state index in [-0.39, 0.29) is 5.91 Å². The number of carbonyl (C=O) groups is 1. The van der Waals surface area contributed by atoms with E-state index >= 15 is 0 Å². The van der Waals surface area contributed by atoms with E-state index in [1.807, 2.05) is 42.6 Å². The van der Waals surface area contributed by atoms with Crippen LogP contribution in [0, 0.1) is 0 Å². The summed E-state index contributed by atoms with van der Waals surface area (Å²) >= 11 is 2.73. The van der Waals surface area contributed by atoms with Gasteiger partial charge in [-0.05, 0) is 43.3 Å². The predicted molar refractivity (Wildman–Crippen MR) is 106 cm³/mol. The number of carbonyl (C=O) groups excluding carboxylic acids is 1. The lowest BCUT2D eigenvalue weighted by Crippen LogP contribution is -2.12. The van der Waals surface area contributed by atoms with Crippen LogP contribution in [-0.2, 0) is 0 Å². The van der Waals surface area contributed by atoms with Crippen LogP contribution in [0.25, 0.3) is 22.0 Å². The Morgan fingerprint density at radius 3 is 2.74 bits per heavy atom. The van der Waals surface area contributed by atoms with Crippen LogP contribution >= 0.6 is 22.7 Å². The number of hydrogen-bond acceptors (Lipinski definition) is 7. The van der Waals surface area contributed by atoms with Crippen LogP contribution in [0.4, 0.5) is 5.13 Å². The summed E-state index contributed by atoms with van der Waals surface area (Å²) in [6.45, 7) is 2.58. The van der Waals surface area contributed by atoms with Crippen molar-refractivity contribution in [2.24, 2.45) is 0 Å². The minimum Gasteiger partial charge on any atom is -0.494 e. The lowest BCUT2D eigenvalue weighted by atomic mass is 10.2. The highest BCUT2D eigenvalue weighted by Gasteiger charge is 2.15. The topological polar surface area (TPSA) is 77.2 Å². The molecule has 8 heteroatoms. The Kier molecular flexibility index (Phi) is 4.99. The molecule has 0 bridgehead atoms. The van der Waals surface area contributed by atoms with E-state index in [0.29, 0.717) is 28.2 Å². The molecule has 0 spiro atoms. The normalized spacial score (nSPS) is 10.7. The summed E-state index contributed by atoms with van der Waals surface area (Å²) in [4.78, 5) is 21.2. The van der Waals surface area contributed by atoms with Gasteiger partial charge in [0.2, 0.25) is 0 Å². The van der Waals surface area contributed by atoms with Crippen LogP contribution in [0.2, 0.25) is 0 Å². The largest absolute Gasteiger partial charge is 0.494 e. The highest BCUT2D eigenvalue weighted by atomic mass is 32.1. The molecule has 6 nitrogen and oxygen atoms in total. The fraction of sp³-hybridized carbons (Fsp3) is 0.105. The van der Waals surface area contributed by atoms with Gasteiger partial charge in [-0.3, -0.25) is 10.1 Å². The Labute approximate surface area is 163 Å². The Hall–Kier alpha value is -2.97. The van der Waals surface area contributed by atoms with Crippen molar-refractivity contribution in [3.8, 4) is 27.8 Å². The number of nitrogens with zero attached hydrogens (tertiary/aromatic N) is 2. The van der Waals surface area contributed by atoms with E-state index in [1.54, 1.807) is 17.7 Å². The molecule has 1 aromatic carbocycles. The fourth-order valence-electron chi connectivity index (χ4n) is 2.40.